The summed E-state index contributed by atoms with van der Waals surface area (Å²) < 4.78 is 73.5. The van der Waals surface area contributed by atoms with E-state index in [4.69, 9.17) is 17.3 Å². The van der Waals surface area contributed by atoms with Gasteiger partial charge < -0.3 is 5.73 Å². The number of alkyl halides is 6. The van der Waals surface area contributed by atoms with E-state index < -0.39 is 44.6 Å². The molecule has 0 aliphatic rings. The van der Waals surface area contributed by atoms with Gasteiger partial charge in [-0.25, -0.2) is 0 Å². The second kappa shape index (κ2) is 4.49. The molecule has 9 heteroatoms. The Kier molecular flexibility index (Phi) is 3.78. The maximum absolute atomic E-state index is 12.5. The molecular weight excluding hydrogens is 292 g/mol. The highest BCUT2D eigenvalue weighted by atomic mass is 35.5. The summed E-state index contributed by atoms with van der Waals surface area (Å²) >= 11 is 4.56. The van der Waals surface area contributed by atoms with Gasteiger partial charge in [0.15, 0.2) is 0 Å². The highest BCUT2D eigenvalue weighted by molar-refractivity contribution is 8.00. The van der Waals surface area contributed by atoms with E-state index >= 15 is 0 Å². The molecule has 0 amide bonds. The third kappa shape index (κ3) is 3.60. The van der Waals surface area contributed by atoms with Crippen LogP contribution in [0.4, 0.5) is 32.0 Å². The van der Waals surface area contributed by atoms with Crippen molar-refractivity contribution in [3.05, 3.63) is 22.7 Å². The van der Waals surface area contributed by atoms with Crippen LogP contribution in [0.3, 0.4) is 0 Å². The fourth-order valence-electron chi connectivity index (χ4n) is 1.06. The van der Waals surface area contributed by atoms with Crippen molar-refractivity contribution >= 4 is 29.1 Å². The Hall–Kier alpha value is -0.760. The van der Waals surface area contributed by atoms with Crippen molar-refractivity contribution in [3.63, 3.8) is 0 Å². The molecular formula is C8H4ClF6NS. The predicted molar refractivity (Wildman–Crippen MR) is 52.8 cm³/mol. The largest absolute Gasteiger partial charge is 0.446 e. The van der Waals surface area contributed by atoms with Crippen LogP contribution in [0, 0.1) is 0 Å². The molecule has 1 aromatic rings. The van der Waals surface area contributed by atoms with E-state index in [1.165, 1.54) is 0 Å². The molecule has 0 aliphatic heterocycles. The fourth-order valence-corrected chi connectivity index (χ4v) is 2.04. The van der Waals surface area contributed by atoms with Gasteiger partial charge in [-0.15, -0.1) is 0 Å². The molecule has 0 heterocycles. The van der Waals surface area contributed by atoms with Crippen molar-refractivity contribution < 1.29 is 26.3 Å². The first-order chi connectivity index (χ1) is 7.52. The summed E-state index contributed by atoms with van der Waals surface area (Å²) in [6, 6.07) is 1.54. The maximum Gasteiger partial charge on any atom is 0.446 e. The lowest BCUT2D eigenvalue weighted by molar-refractivity contribution is -0.137. The first-order valence-electron chi connectivity index (χ1n) is 3.93. The Labute approximate surface area is 101 Å². The zero-order valence-corrected chi connectivity index (χ0v) is 9.36. The summed E-state index contributed by atoms with van der Waals surface area (Å²) in [6.45, 7) is 0. The van der Waals surface area contributed by atoms with Gasteiger partial charge in [-0.1, -0.05) is 11.6 Å². The van der Waals surface area contributed by atoms with Crippen LogP contribution in [0.15, 0.2) is 17.0 Å². The molecule has 0 aliphatic carbocycles. The van der Waals surface area contributed by atoms with Crippen LogP contribution in [-0.2, 0) is 6.18 Å². The molecule has 0 bridgehead atoms. The average Bonchev–Trinajstić information content (AvgIpc) is 2.06. The lowest BCUT2D eigenvalue weighted by atomic mass is 10.2. The highest BCUT2D eigenvalue weighted by Crippen LogP contribution is 2.46. The van der Waals surface area contributed by atoms with Gasteiger partial charge in [0.05, 0.1) is 10.6 Å². The molecule has 0 saturated carbocycles. The summed E-state index contributed by atoms with van der Waals surface area (Å²) in [6.07, 6.45) is -4.90. The Bertz CT molecular complexity index is 427. The van der Waals surface area contributed by atoms with Gasteiger partial charge in [0.2, 0.25) is 0 Å². The monoisotopic (exact) mass is 295 g/mol. The molecule has 1 aromatic carbocycles. The lowest BCUT2D eigenvalue weighted by Gasteiger charge is -2.15. The molecule has 96 valence electrons. The van der Waals surface area contributed by atoms with Gasteiger partial charge in [-0.3, -0.25) is 0 Å². The predicted octanol–water partition coefficient (Wildman–Crippen LogP) is 4.55. The molecule has 0 fully saturated rings. The number of halogens is 7. The molecule has 2 N–H and O–H groups in total. The van der Waals surface area contributed by atoms with Crippen LogP contribution in [0.25, 0.3) is 0 Å². The number of anilines is 1. The topological polar surface area (TPSA) is 26.0 Å². The molecule has 0 spiro atoms. The maximum atomic E-state index is 12.5. The zero-order chi connectivity index (χ0) is 13.4. The van der Waals surface area contributed by atoms with E-state index in [9.17, 15) is 26.3 Å². The van der Waals surface area contributed by atoms with Crippen molar-refractivity contribution in [2.24, 2.45) is 0 Å². The molecule has 0 aromatic heterocycles. The van der Waals surface area contributed by atoms with E-state index in [-0.39, 0.29) is 0 Å². The number of hydrogen-bond donors (Lipinski definition) is 1. The van der Waals surface area contributed by atoms with Gasteiger partial charge in [0.25, 0.3) is 0 Å². The van der Waals surface area contributed by atoms with Gasteiger partial charge in [-0.2, -0.15) is 26.3 Å². The minimum atomic E-state index is -4.90. The lowest BCUT2D eigenvalue weighted by Crippen LogP contribution is -2.11. The molecule has 0 atom stereocenters. The summed E-state index contributed by atoms with van der Waals surface area (Å²) in [5.41, 5.74) is -1.84. The fraction of sp³-hybridized carbons (Fsp3) is 0.250. The second-order valence-corrected chi connectivity index (χ2v) is 4.37. The van der Waals surface area contributed by atoms with Crippen LogP contribution in [0.5, 0.6) is 0 Å². The van der Waals surface area contributed by atoms with Crippen molar-refractivity contribution in [1.82, 2.24) is 0 Å². The minimum absolute atomic E-state index is 0.714. The van der Waals surface area contributed by atoms with Crippen molar-refractivity contribution in [2.75, 3.05) is 5.73 Å². The van der Waals surface area contributed by atoms with Gasteiger partial charge in [-0.05, 0) is 23.9 Å². The van der Waals surface area contributed by atoms with E-state index in [1.54, 1.807) is 0 Å². The Morgan fingerprint density at radius 3 is 2.00 bits per heavy atom. The van der Waals surface area contributed by atoms with Crippen molar-refractivity contribution in [3.8, 4) is 0 Å². The highest BCUT2D eigenvalue weighted by Gasteiger charge is 2.38. The number of hydrogen-bond acceptors (Lipinski definition) is 2. The first kappa shape index (κ1) is 14.3. The zero-order valence-electron chi connectivity index (χ0n) is 7.79. The van der Waals surface area contributed by atoms with Crippen molar-refractivity contribution in [2.45, 2.75) is 16.6 Å². The minimum Gasteiger partial charge on any atom is -0.398 e. The Balaban J connectivity index is 3.30. The van der Waals surface area contributed by atoms with Crippen molar-refractivity contribution in [1.29, 1.82) is 0 Å². The summed E-state index contributed by atoms with van der Waals surface area (Å²) in [5.74, 6) is 0. The van der Waals surface area contributed by atoms with Gasteiger partial charge in [0, 0.05) is 10.6 Å². The van der Waals surface area contributed by atoms with E-state index in [0.29, 0.717) is 0 Å². The Morgan fingerprint density at radius 2 is 1.59 bits per heavy atom. The first-order valence-corrected chi connectivity index (χ1v) is 5.12. The van der Waals surface area contributed by atoms with Crippen LogP contribution in [0.2, 0.25) is 5.02 Å². The van der Waals surface area contributed by atoms with Crippen LogP contribution in [0.1, 0.15) is 5.56 Å². The molecule has 0 saturated heterocycles. The number of thioether (sulfide) groups is 1. The third-order valence-corrected chi connectivity index (χ3v) is 2.94. The van der Waals surface area contributed by atoms with Gasteiger partial charge in [0.1, 0.15) is 0 Å². The Morgan fingerprint density at radius 1 is 1.06 bits per heavy atom. The van der Waals surface area contributed by atoms with Crippen LogP contribution < -0.4 is 5.73 Å². The summed E-state index contributed by atoms with van der Waals surface area (Å²) in [4.78, 5) is -0.735. The summed E-state index contributed by atoms with van der Waals surface area (Å²) in [5, 5.41) is -1.04. The second-order valence-electron chi connectivity index (χ2n) is 2.89. The molecule has 0 unspecified atom stereocenters. The summed E-state index contributed by atoms with van der Waals surface area (Å²) in [7, 11) is 0. The van der Waals surface area contributed by atoms with E-state index in [1.807, 2.05) is 0 Å². The standard InChI is InChI=1S/C8H4ClF6NS/c9-6-4(17-8(13,14)15)2-1-3(16)5(6)7(10,11)12/h1-2H,16H2. The van der Waals surface area contributed by atoms with E-state index in [2.05, 4.69) is 0 Å². The SMILES string of the molecule is Nc1ccc(SC(F)(F)F)c(Cl)c1C(F)(F)F. The molecule has 1 nitrogen and oxygen atoms in total. The molecule has 17 heavy (non-hydrogen) atoms. The quantitative estimate of drug-likeness (QED) is 0.467. The number of benzene rings is 1. The number of nitrogen functional groups attached to an aromatic ring is 1. The van der Waals surface area contributed by atoms with Crippen LogP contribution in [-0.4, -0.2) is 5.51 Å². The number of rotatable bonds is 1. The normalized spacial score (nSPS) is 12.9. The average molecular weight is 296 g/mol. The molecule has 0 radical (unpaired) electrons. The molecule has 1 rings (SSSR count). The van der Waals surface area contributed by atoms with E-state index in [0.717, 1.165) is 12.1 Å². The smallest absolute Gasteiger partial charge is 0.398 e. The number of nitrogens with two attached hydrogens (primary N) is 1. The van der Waals surface area contributed by atoms with Crippen LogP contribution >= 0.6 is 23.4 Å². The van der Waals surface area contributed by atoms with Gasteiger partial charge >= 0.3 is 11.7 Å². The third-order valence-electron chi connectivity index (χ3n) is 1.65.